The highest BCUT2D eigenvalue weighted by Gasteiger charge is 2.17. The number of rotatable bonds is 3. The molecule has 0 bridgehead atoms. The fourth-order valence-electron chi connectivity index (χ4n) is 1.22. The minimum absolute atomic E-state index is 0.230. The second-order valence-electron chi connectivity index (χ2n) is 3.31. The Hall–Kier alpha value is -0.670. The summed E-state index contributed by atoms with van der Waals surface area (Å²) in [5.74, 6) is 0. The number of aromatic nitrogens is 1. The van der Waals surface area contributed by atoms with Crippen molar-refractivity contribution in [3.05, 3.63) is 39.0 Å². The summed E-state index contributed by atoms with van der Waals surface area (Å²) in [6.45, 7) is 1.77. The molecule has 1 N–H and O–H groups in total. The van der Waals surface area contributed by atoms with Gasteiger partial charge < -0.3 is 0 Å². The Labute approximate surface area is 117 Å². The molecule has 1 aromatic carbocycles. The number of nitrogens with zero attached hydrogens (tertiary/aromatic N) is 1. The molecule has 0 fully saturated rings. The number of benzene rings is 1. The van der Waals surface area contributed by atoms with Gasteiger partial charge in [0.05, 0.1) is 11.2 Å². The average Bonchev–Trinajstić information content (AvgIpc) is 2.65. The van der Waals surface area contributed by atoms with Gasteiger partial charge in [-0.25, -0.2) is 13.4 Å². The lowest BCUT2D eigenvalue weighted by atomic mass is 10.3. The molecule has 90 valence electrons. The molecular formula is C10H9IN2O2S2. The number of hydrogen-bond donors (Lipinski definition) is 1. The first-order valence-electron chi connectivity index (χ1n) is 4.68. The van der Waals surface area contributed by atoms with Crippen molar-refractivity contribution >= 4 is 49.6 Å². The summed E-state index contributed by atoms with van der Waals surface area (Å²) in [5, 5.41) is 0.730. The molecule has 0 saturated carbocycles. The first-order chi connectivity index (χ1) is 7.97. The number of sulfonamides is 1. The van der Waals surface area contributed by atoms with Crippen LogP contribution in [0.3, 0.4) is 0 Å². The van der Waals surface area contributed by atoms with Crippen LogP contribution in [0, 0.1) is 10.5 Å². The van der Waals surface area contributed by atoms with E-state index < -0.39 is 10.0 Å². The van der Waals surface area contributed by atoms with E-state index in [9.17, 15) is 8.42 Å². The van der Waals surface area contributed by atoms with Crippen LogP contribution >= 0.6 is 33.9 Å². The lowest BCUT2D eigenvalue weighted by molar-refractivity contribution is 0.603. The van der Waals surface area contributed by atoms with Crippen LogP contribution in [0.25, 0.3) is 0 Å². The number of nitrogens with one attached hydrogen (secondary N) is 1. The first-order valence-corrected chi connectivity index (χ1v) is 8.06. The summed E-state index contributed by atoms with van der Waals surface area (Å²) in [4.78, 5) is 3.94. The van der Waals surface area contributed by atoms with Gasteiger partial charge in [0.2, 0.25) is 0 Å². The highest BCUT2D eigenvalue weighted by Crippen LogP contribution is 2.22. The number of halogens is 1. The molecule has 0 spiro atoms. The van der Waals surface area contributed by atoms with Gasteiger partial charge in [0.15, 0.2) is 4.21 Å². The van der Waals surface area contributed by atoms with Crippen LogP contribution < -0.4 is 4.72 Å². The van der Waals surface area contributed by atoms with E-state index in [-0.39, 0.29) is 4.21 Å². The lowest BCUT2D eigenvalue weighted by Gasteiger charge is -2.05. The van der Waals surface area contributed by atoms with Gasteiger partial charge in [-0.05, 0) is 47.7 Å². The molecule has 17 heavy (non-hydrogen) atoms. The monoisotopic (exact) mass is 380 g/mol. The van der Waals surface area contributed by atoms with Crippen molar-refractivity contribution < 1.29 is 8.42 Å². The van der Waals surface area contributed by atoms with Crippen molar-refractivity contribution in [2.24, 2.45) is 0 Å². The summed E-state index contributed by atoms with van der Waals surface area (Å²) < 4.78 is 27.7. The molecule has 1 heterocycles. The van der Waals surface area contributed by atoms with Gasteiger partial charge in [-0.15, -0.1) is 11.3 Å². The van der Waals surface area contributed by atoms with Crippen LogP contribution in [0.1, 0.15) is 5.01 Å². The Kier molecular flexibility index (Phi) is 3.69. The number of aryl methyl sites for hydroxylation is 1. The van der Waals surface area contributed by atoms with Crippen LogP contribution in [0.2, 0.25) is 0 Å². The van der Waals surface area contributed by atoms with E-state index in [0.29, 0.717) is 5.69 Å². The normalized spacial score (nSPS) is 11.4. The molecule has 0 aliphatic carbocycles. The lowest BCUT2D eigenvalue weighted by Crippen LogP contribution is -2.11. The summed E-state index contributed by atoms with van der Waals surface area (Å²) >= 11 is 3.29. The van der Waals surface area contributed by atoms with Crippen molar-refractivity contribution in [3.63, 3.8) is 0 Å². The van der Waals surface area contributed by atoms with Crippen LogP contribution in [0.15, 0.2) is 34.7 Å². The maximum atomic E-state index is 12.0. The van der Waals surface area contributed by atoms with Gasteiger partial charge in [-0.1, -0.05) is 6.07 Å². The van der Waals surface area contributed by atoms with E-state index >= 15 is 0 Å². The van der Waals surface area contributed by atoms with Gasteiger partial charge in [-0.2, -0.15) is 0 Å². The number of anilines is 1. The van der Waals surface area contributed by atoms with Crippen LogP contribution in [0.4, 0.5) is 5.69 Å². The highest BCUT2D eigenvalue weighted by molar-refractivity contribution is 14.1. The molecule has 0 radical (unpaired) electrons. The van der Waals surface area contributed by atoms with E-state index in [1.165, 1.54) is 6.20 Å². The molecule has 0 amide bonds. The molecule has 0 unspecified atom stereocenters. The third kappa shape index (κ3) is 3.17. The largest absolute Gasteiger partial charge is 0.279 e. The van der Waals surface area contributed by atoms with Crippen LogP contribution in [-0.4, -0.2) is 13.4 Å². The molecule has 4 nitrogen and oxygen atoms in total. The van der Waals surface area contributed by atoms with E-state index in [0.717, 1.165) is 19.9 Å². The molecule has 0 saturated heterocycles. The van der Waals surface area contributed by atoms with Gasteiger partial charge in [0, 0.05) is 9.26 Å². The van der Waals surface area contributed by atoms with E-state index in [4.69, 9.17) is 0 Å². The quantitative estimate of drug-likeness (QED) is 0.834. The molecule has 7 heteroatoms. The average molecular weight is 380 g/mol. The zero-order chi connectivity index (χ0) is 12.5. The standard InChI is InChI=1S/C10H9IN2O2S2/c1-7-12-6-10(16-7)17(14,15)13-9-4-2-3-8(11)5-9/h2-6,13H,1H3. The van der Waals surface area contributed by atoms with Crippen molar-refractivity contribution in [2.45, 2.75) is 11.1 Å². The molecule has 1 aromatic heterocycles. The van der Waals surface area contributed by atoms with Crippen molar-refractivity contribution in [1.29, 1.82) is 0 Å². The van der Waals surface area contributed by atoms with Gasteiger partial charge >= 0.3 is 0 Å². The third-order valence-electron chi connectivity index (χ3n) is 1.94. The van der Waals surface area contributed by atoms with Gasteiger partial charge in [0.25, 0.3) is 10.0 Å². The Morgan fingerprint density at radius 2 is 2.18 bits per heavy atom. The van der Waals surface area contributed by atoms with Gasteiger partial charge in [-0.3, -0.25) is 4.72 Å². The smallest absolute Gasteiger partial charge is 0.273 e. The maximum absolute atomic E-state index is 12.0. The fourth-order valence-corrected chi connectivity index (χ4v) is 3.92. The molecule has 2 aromatic rings. The number of hydrogen-bond acceptors (Lipinski definition) is 4. The zero-order valence-corrected chi connectivity index (χ0v) is 12.6. The van der Waals surface area contributed by atoms with Crippen molar-refractivity contribution in [2.75, 3.05) is 4.72 Å². The van der Waals surface area contributed by atoms with E-state index in [1.807, 2.05) is 6.07 Å². The molecule has 0 aliphatic rings. The highest BCUT2D eigenvalue weighted by atomic mass is 127. The minimum atomic E-state index is -3.51. The van der Waals surface area contributed by atoms with E-state index in [2.05, 4.69) is 32.3 Å². The third-order valence-corrected chi connectivity index (χ3v) is 5.37. The van der Waals surface area contributed by atoms with E-state index in [1.54, 1.807) is 25.1 Å². The Morgan fingerprint density at radius 1 is 1.41 bits per heavy atom. The predicted molar refractivity (Wildman–Crippen MR) is 76.8 cm³/mol. The summed E-state index contributed by atoms with van der Waals surface area (Å²) in [5.41, 5.74) is 0.558. The topological polar surface area (TPSA) is 59.1 Å². The Balaban J connectivity index is 2.29. The van der Waals surface area contributed by atoms with Crippen LogP contribution in [0.5, 0.6) is 0 Å². The molecule has 0 aliphatic heterocycles. The minimum Gasteiger partial charge on any atom is -0.279 e. The second kappa shape index (κ2) is 4.91. The summed E-state index contributed by atoms with van der Waals surface area (Å²) in [6, 6.07) is 7.19. The second-order valence-corrected chi connectivity index (χ2v) is 7.70. The molecule has 2 rings (SSSR count). The first kappa shape index (κ1) is 12.8. The molecular weight excluding hydrogens is 371 g/mol. The Morgan fingerprint density at radius 3 is 2.76 bits per heavy atom. The predicted octanol–water partition coefficient (Wildman–Crippen LogP) is 2.86. The SMILES string of the molecule is Cc1ncc(S(=O)(=O)Nc2cccc(I)c2)s1. The summed E-state index contributed by atoms with van der Waals surface area (Å²) in [7, 11) is -3.51. The Bertz CT molecular complexity index is 637. The molecule has 0 atom stereocenters. The number of thiazole rings is 1. The van der Waals surface area contributed by atoms with Gasteiger partial charge in [0.1, 0.15) is 0 Å². The van der Waals surface area contributed by atoms with Crippen LogP contribution in [-0.2, 0) is 10.0 Å². The zero-order valence-electron chi connectivity index (χ0n) is 8.84. The fraction of sp³-hybridized carbons (Fsp3) is 0.100. The summed E-state index contributed by atoms with van der Waals surface area (Å²) in [6.07, 6.45) is 1.37. The van der Waals surface area contributed by atoms with Crippen molar-refractivity contribution in [3.8, 4) is 0 Å². The maximum Gasteiger partial charge on any atom is 0.273 e. The van der Waals surface area contributed by atoms with Crippen molar-refractivity contribution in [1.82, 2.24) is 4.98 Å².